The lowest BCUT2D eigenvalue weighted by molar-refractivity contribution is 0.0382. The van der Waals surface area contributed by atoms with E-state index >= 15 is 0 Å². The first-order valence-corrected chi connectivity index (χ1v) is 12.6. The minimum Gasteiger partial charge on any atom is -0.485 e. The minimum absolute atomic E-state index is 0.0431. The maximum Gasteiger partial charge on any atom is 0.411 e. The fourth-order valence-corrected chi connectivity index (χ4v) is 4.63. The van der Waals surface area contributed by atoms with E-state index in [4.69, 9.17) is 39.7 Å². The van der Waals surface area contributed by atoms with E-state index in [-0.39, 0.29) is 13.2 Å². The number of furan rings is 1. The summed E-state index contributed by atoms with van der Waals surface area (Å²) in [6.07, 6.45) is 1.83. The monoisotopic (exact) mass is 562 g/mol. The molecule has 1 aliphatic rings. The highest BCUT2D eigenvalue weighted by molar-refractivity contribution is 6.35. The number of carbonyl (C=O) groups excluding carboxylic acids is 1. The molecule has 1 aliphatic heterocycles. The van der Waals surface area contributed by atoms with Crippen LogP contribution in [-0.4, -0.2) is 54.6 Å². The van der Waals surface area contributed by atoms with Gasteiger partial charge in [-0.1, -0.05) is 11.6 Å². The molecule has 5 aromatic rings. The van der Waals surface area contributed by atoms with Gasteiger partial charge in [0, 0.05) is 17.7 Å². The number of rotatable bonds is 6. The molecule has 1 atom stereocenters. The summed E-state index contributed by atoms with van der Waals surface area (Å²) >= 11 is 6.59. The van der Waals surface area contributed by atoms with Crippen LogP contribution in [0.15, 0.2) is 53.2 Å². The van der Waals surface area contributed by atoms with E-state index in [0.29, 0.717) is 61.7 Å². The van der Waals surface area contributed by atoms with Crippen molar-refractivity contribution in [3.05, 3.63) is 59.4 Å². The molecule has 3 aromatic heterocycles. The van der Waals surface area contributed by atoms with Crippen LogP contribution in [0.25, 0.3) is 33.3 Å². The number of carbonyl (C=O) groups is 1. The summed E-state index contributed by atoms with van der Waals surface area (Å²) in [5, 5.41) is 3.60. The van der Waals surface area contributed by atoms with E-state index in [1.54, 1.807) is 31.5 Å². The fraction of sp³-hybridized carbons (Fsp3) is 0.214. The van der Waals surface area contributed by atoms with E-state index in [0.717, 1.165) is 11.1 Å². The number of benzene rings is 2. The van der Waals surface area contributed by atoms with Gasteiger partial charge in [0.1, 0.15) is 19.0 Å². The number of hydrogen-bond donors (Lipinski definition) is 1. The first kappa shape index (κ1) is 25.5. The van der Waals surface area contributed by atoms with Crippen molar-refractivity contribution in [3.8, 4) is 34.6 Å². The zero-order valence-corrected chi connectivity index (χ0v) is 22.4. The Bertz CT molecular complexity index is 1740. The maximum absolute atomic E-state index is 12.2. The minimum atomic E-state index is -0.652. The Kier molecular flexibility index (Phi) is 6.64. The number of ether oxygens (including phenoxy) is 5. The van der Waals surface area contributed by atoms with E-state index in [1.807, 2.05) is 25.1 Å². The summed E-state index contributed by atoms with van der Waals surface area (Å²) < 4.78 is 33.8. The van der Waals surface area contributed by atoms with Crippen LogP contribution in [0.2, 0.25) is 5.02 Å². The first-order valence-electron chi connectivity index (χ1n) is 12.2. The van der Waals surface area contributed by atoms with Crippen LogP contribution in [0.1, 0.15) is 5.56 Å². The van der Waals surface area contributed by atoms with Gasteiger partial charge >= 0.3 is 6.09 Å². The largest absolute Gasteiger partial charge is 0.485 e. The Hall–Kier alpha value is -4.77. The van der Waals surface area contributed by atoms with Crippen molar-refractivity contribution in [1.82, 2.24) is 15.0 Å². The molecule has 0 radical (unpaired) electrons. The summed E-state index contributed by atoms with van der Waals surface area (Å²) in [4.78, 5) is 25.3. The molecule has 11 nitrogen and oxygen atoms in total. The van der Waals surface area contributed by atoms with Gasteiger partial charge in [-0.25, -0.2) is 19.7 Å². The average molecular weight is 563 g/mol. The lowest BCUT2D eigenvalue weighted by atomic mass is 10.1. The number of aryl methyl sites for hydroxylation is 1. The summed E-state index contributed by atoms with van der Waals surface area (Å²) in [5.74, 6) is 2.32. The smallest absolute Gasteiger partial charge is 0.411 e. The predicted molar refractivity (Wildman–Crippen MR) is 147 cm³/mol. The SMILES string of the molecule is COc1ccc(NC(=O)OC[C@H]2COc3c(cc(Cl)c4oc(-c5cc(C)cc6nc(OC)cnc56)cc34)O2)cn1. The summed E-state index contributed by atoms with van der Waals surface area (Å²) in [6, 6.07) is 10.7. The molecule has 0 spiro atoms. The van der Waals surface area contributed by atoms with Crippen LogP contribution in [0, 0.1) is 6.92 Å². The predicted octanol–water partition coefficient (Wildman–Crippen LogP) is 5.81. The Morgan fingerprint density at radius 2 is 1.95 bits per heavy atom. The molecular formula is C28H23ClN4O7. The number of aromatic nitrogens is 3. The highest BCUT2D eigenvalue weighted by Gasteiger charge is 2.28. The number of methoxy groups -OCH3 is 2. The molecule has 2 aromatic carbocycles. The standard InChI is InChI=1S/C28H23ClN4O7/c1-14-6-17(25-20(7-14)33-24(36-3)11-31-25)21-8-18-26(40-21)19(29)9-22-27(18)37-12-16(39-22)13-38-28(34)32-15-4-5-23(35-2)30-10-15/h4-11,16H,12-13H2,1-3H3,(H,32,34)/t16-/m1/s1. The maximum atomic E-state index is 12.2. The zero-order chi connectivity index (χ0) is 27.8. The molecular weight excluding hydrogens is 540 g/mol. The number of pyridine rings is 1. The van der Waals surface area contributed by atoms with Crippen LogP contribution < -0.4 is 24.3 Å². The van der Waals surface area contributed by atoms with Crippen molar-refractivity contribution in [2.45, 2.75) is 13.0 Å². The fourth-order valence-electron chi connectivity index (χ4n) is 4.39. The Balaban J connectivity index is 1.22. The lowest BCUT2D eigenvalue weighted by Crippen LogP contribution is -2.35. The molecule has 0 saturated heterocycles. The van der Waals surface area contributed by atoms with Crippen LogP contribution in [0.3, 0.4) is 0 Å². The lowest BCUT2D eigenvalue weighted by Gasteiger charge is -2.26. The van der Waals surface area contributed by atoms with E-state index in [1.165, 1.54) is 13.3 Å². The summed E-state index contributed by atoms with van der Waals surface area (Å²) in [7, 11) is 3.06. The second-order valence-corrected chi connectivity index (χ2v) is 9.40. The van der Waals surface area contributed by atoms with Gasteiger partial charge in [0.15, 0.2) is 23.2 Å². The van der Waals surface area contributed by atoms with Crippen molar-refractivity contribution in [2.24, 2.45) is 0 Å². The molecule has 1 N–H and O–H groups in total. The highest BCUT2D eigenvalue weighted by Crippen LogP contribution is 2.46. The van der Waals surface area contributed by atoms with Crippen molar-refractivity contribution < 1.29 is 32.9 Å². The molecule has 6 rings (SSSR count). The Labute approximate surface area is 232 Å². The third-order valence-corrected chi connectivity index (χ3v) is 6.50. The van der Waals surface area contributed by atoms with E-state index < -0.39 is 12.2 Å². The number of halogens is 1. The van der Waals surface area contributed by atoms with Crippen LogP contribution >= 0.6 is 11.6 Å². The number of hydrogen-bond acceptors (Lipinski definition) is 10. The van der Waals surface area contributed by atoms with Crippen molar-refractivity contribution in [3.63, 3.8) is 0 Å². The molecule has 0 saturated carbocycles. The topological polar surface area (TPSA) is 127 Å². The molecule has 0 fully saturated rings. The van der Waals surface area contributed by atoms with Gasteiger partial charge in [-0.15, -0.1) is 0 Å². The van der Waals surface area contributed by atoms with Crippen molar-refractivity contribution in [2.75, 3.05) is 32.8 Å². The number of fused-ring (bicyclic) bond motifs is 4. The first-order chi connectivity index (χ1) is 19.4. The van der Waals surface area contributed by atoms with Crippen LogP contribution in [-0.2, 0) is 4.74 Å². The second kappa shape index (κ2) is 10.4. The van der Waals surface area contributed by atoms with Gasteiger partial charge in [0.05, 0.1) is 53.7 Å². The Morgan fingerprint density at radius 1 is 1.10 bits per heavy atom. The summed E-state index contributed by atoms with van der Waals surface area (Å²) in [6.45, 7) is 2.08. The van der Waals surface area contributed by atoms with Gasteiger partial charge in [0.25, 0.3) is 0 Å². The molecule has 12 heteroatoms. The van der Waals surface area contributed by atoms with Crippen molar-refractivity contribution in [1.29, 1.82) is 0 Å². The zero-order valence-electron chi connectivity index (χ0n) is 21.7. The van der Waals surface area contributed by atoms with Gasteiger partial charge in [-0.3, -0.25) is 5.32 Å². The van der Waals surface area contributed by atoms with Crippen molar-refractivity contribution >= 4 is 45.4 Å². The second-order valence-electron chi connectivity index (χ2n) is 9.00. The quantitative estimate of drug-likeness (QED) is 0.271. The van der Waals surface area contributed by atoms with Gasteiger partial charge in [-0.2, -0.15) is 0 Å². The third kappa shape index (κ3) is 4.87. The van der Waals surface area contributed by atoms with Crippen LogP contribution in [0.4, 0.5) is 10.5 Å². The molecule has 40 heavy (non-hydrogen) atoms. The molecule has 0 unspecified atom stereocenters. The van der Waals surface area contributed by atoms with E-state index in [2.05, 4.69) is 20.3 Å². The van der Waals surface area contributed by atoms with E-state index in [9.17, 15) is 4.79 Å². The Morgan fingerprint density at radius 3 is 2.73 bits per heavy atom. The number of amides is 1. The number of nitrogens with zero attached hydrogens (tertiary/aromatic N) is 3. The highest BCUT2D eigenvalue weighted by atomic mass is 35.5. The van der Waals surface area contributed by atoms with Crippen LogP contribution in [0.5, 0.6) is 23.3 Å². The van der Waals surface area contributed by atoms with Gasteiger partial charge in [-0.05, 0) is 36.8 Å². The number of anilines is 1. The summed E-state index contributed by atoms with van der Waals surface area (Å²) in [5.41, 5.74) is 4.00. The molecule has 0 bridgehead atoms. The normalized spacial score (nSPS) is 14.2. The molecule has 204 valence electrons. The third-order valence-electron chi connectivity index (χ3n) is 6.22. The average Bonchev–Trinajstić information content (AvgIpc) is 3.42. The number of nitrogens with one attached hydrogen (secondary N) is 1. The molecule has 1 amide bonds. The molecule has 4 heterocycles. The van der Waals surface area contributed by atoms with Gasteiger partial charge in [0.2, 0.25) is 11.8 Å². The van der Waals surface area contributed by atoms with Gasteiger partial charge < -0.3 is 28.1 Å². The molecule has 0 aliphatic carbocycles.